The summed E-state index contributed by atoms with van der Waals surface area (Å²) in [6, 6.07) is 0.221. The Morgan fingerprint density at radius 2 is 1.74 bits per heavy atom. The van der Waals surface area contributed by atoms with Crippen LogP contribution >= 0.6 is 0 Å². The second kappa shape index (κ2) is 18.6. The van der Waals surface area contributed by atoms with Crippen molar-refractivity contribution in [3.8, 4) is 0 Å². The van der Waals surface area contributed by atoms with Crippen LogP contribution in [-0.2, 0) is 23.9 Å². The number of hydrogen-bond donors (Lipinski definition) is 3. The van der Waals surface area contributed by atoms with E-state index in [-0.39, 0.29) is 25.0 Å². The molecule has 0 aliphatic rings. The summed E-state index contributed by atoms with van der Waals surface area (Å²) in [5.41, 5.74) is 0.932. The zero-order valence-electron chi connectivity index (χ0n) is 22.1. The summed E-state index contributed by atoms with van der Waals surface area (Å²) >= 11 is 0. The summed E-state index contributed by atoms with van der Waals surface area (Å²) in [5, 5.41) is 15.1. The maximum atomic E-state index is 12.3. The number of aliphatic carboxylic acids is 1. The second-order valence-electron chi connectivity index (χ2n) is 9.55. The first kappa shape index (κ1) is 32.3. The van der Waals surface area contributed by atoms with Crippen LogP contribution in [0.25, 0.3) is 0 Å². The van der Waals surface area contributed by atoms with E-state index >= 15 is 0 Å². The van der Waals surface area contributed by atoms with Crippen LogP contribution in [0.4, 0.5) is 0 Å². The van der Waals surface area contributed by atoms with E-state index in [2.05, 4.69) is 31.3 Å². The highest BCUT2D eigenvalue weighted by Crippen LogP contribution is 2.20. The molecule has 35 heavy (non-hydrogen) atoms. The Balaban J connectivity index is 4.37. The number of rotatable bonds is 21. The third kappa shape index (κ3) is 16.6. The molecule has 0 saturated heterocycles. The van der Waals surface area contributed by atoms with E-state index in [1.807, 2.05) is 0 Å². The van der Waals surface area contributed by atoms with Crippen molar-refractivity contribution in [2.45, 2.75) is 77.7 Å². The molecule has 9 heteroatoms. The van der Waals surface area contributed by atoms with Gasteiger partial charge in [0.25, 0.3) is 0 Å². The van der Waals surface area contributed by atoms with E-state index in [1.54, 1.807) is 20.0 Å². The van der Waals surface area contributed by atoms with E-state index in [0.717, 1.165) is 44.9 Å². The number of esters is 1. The molecule has 0 heterocycles. The van der Waals surface area contributed by atoms with Crippen LogP contribution in [0, 0.1) is 0 Å². The largest absolute Gasteiger partial charge is 0.481 e. The van der Waals surface area contributed by atoms with Crippen LogP contribution in [0.3, 0.4) is 0 Å². The SMILES string of the molecule is C=C(C)C(=O)OCCCNC=C(C)C(=O)NCCC[N+](C)(C)C(CCCCCC=O)CCC(=O)O. The number of carboxylic acids is 1. The van der Waals surface area contributed by atoms with Crippen LogP contribution in [-0.4, -0.2) is 80.1 Å². The van der Waals surface area contributed by atoms with E-state index in [1.165, 1.54) is 0 Å². The first-order chi connectivity index (χ1) is 16.5. The van der Waals surface area contributed by atoms with Gasteiger partial charge in [-0.3, -0.25) is 9.59 Å². The Bertz CT molecular complexity index is 718. The monoisotopic (exact) mass is 496 g/mol. The average molecular weight is 497 g/mol. The summed E-state index contributed by atoms with van der Waals surface area (Å²) in [4.78, 5) is 45.2. The number of nitrogens with one attached hydrogen (secondary N) is 2. The first-order valence-electron chi connectivity index (χ1n) is 12.5. The maximum Gasteiger partial charge on any atom is 0.333 e. The fourth-order valence-electron chi connectivity index (χ4n) is 3.68. The van der Waals surface area contributed by atoms with Crippen LogP contribution in [0.5, 0.6) is 0 Å². The van der Waals surface area contributed by atoms with Crippen molar-refractivity contribution in [2.24, 2.45) is 0 Å². The second-order valence-corrected chi connectivity index (χ2v) is 9.55. The van der Waals surface area contributed by atoms with E-state index in [4.69, 9.17) is 9.84 Å². The smallest absolute Gasteiger partial charge is 0.333 e. The molecule has 0 spiro atoms. The van der Waals surface area contributed by atoms with E-state index in [0.29, 0.717) is 48.0 Å². The minimum Gasteiger partial charge on any atom is -0.481 e. The van der Waals surface area contributed by atoms with Gasteiger partial charge in [-0.05, 0) is 39.5 Å². The highest BCUT2D eigenvalue weighted by atomic mass is 16.5. The van der Waals surface area contributed by atoms with Crippen LogP contribution in [0.2, 0.25) is 0 Å². The predicted octanol–water partition coefficient (Wildman–Crippen LogP) is 2.95. The van der Waals surface area contributed by atoms with Gasteiger partial charge < -0.3 is 29.8 Å². The van der Waals surface area contributed by atoms with Crippen molar-refractivity contribution >= 4 is 24.1 Å². The van der Waals surface area contributed by atoms with Gasteiger partial charge in [-0.15, -0.1) is 0 Å². The molecule has 0 aromatic rings. The molecule has 0 rings (SSSR count). The summed E-state index contributed by atoms with van der Waals surface area (Å²) < 4.78 is 5.71. The Morgan fingerprint density at radius 1 is 1.03 bits per heavy atom. The van der Waals surface area contributed by atoms with Gasteiger partial charge in [0.05, 0.1) is 39.7 Å². The molecule has 0 aromatic carbocycles. The number of aldehydes is 1. The topological polar surface area (TPSA) is 122 Å². The zero-order chi connectivity index (χ0) is 26.7. The van der Waals surface area contributed by atoms with Gasteiger partial charge in [-0.1, -0.05) is 13.0 Å². The number of carboxylic acid groups (broad SMARTS) is 1. The molecule has 0 bridgehead atoms. The average Bonchev–Trinajstić information content (AvgIpc) is 2.79. The van der Waals surface area contributed by atoms with Crippen molar-refractivity contribution in [1.82, 2.24) is 10.6 Å². The molecule has 0 aromatic heterocycles. The lowest BCUT2D eigenvalue weighted by molar-refractivity contribution is -0.915. The summed E-state index contributed by atoms with van der Waals surface area (Å²) in [6.45, 7) is 9.08. The fourth-order valence-corrected chi connectivity index (χ4v) is 3.68. The number of ether oxygens (including phenoxy) is 1. The lowest BCUT2D eigenvalue weighted by atomic mass is 9.99. The number of carbonyl (C=O) groups is 4. The fraction of sp³-hybridized carbons (Fsp3) is 0.692. The minimum absolute atomic E-state index is 0.144. The van der Waals surface area contributed by atoms with Crippen molar-refractivity contribution in [2.75, 3.05) is 40.3 Å². The minimum atomic E-state index is -0.785. The quantitative estimate of drug-likeness (QED) is 0.0734. The standard InChI is InChI=1S/C26H45N3O6/c1-21(2)26(34)35-19-11-15-27-20-22(3)25(33)28-16-10-17-29(4,5)23(13-14-24(31)32)12-8-6-7-9-18-30/h18,20,23H,1,6-17,19H2,2-5H3,(H2-,27,28,31,32,33)/p+1. The molecule has 1 unspecified atom stereocenters. The highest BCUT2D eigenvalue weighted by Gasteiger charge is 2.28. The molecule has 200 valence electrons. The first-order valence-corrected chi connectivity index (χ1v) is 12.5. The van der Waals surface area contributed by atoms with Crippen LogP contribution in [0.15, 0.2) is 23.9 Å². The molecule has 1 atom stereocenters. The summed E-state index contributed by atoms with van der Waals surface area (Å²) in [5.74, 6) is -1.33. The van der Waals surface area contributed by atoms with E-state index < -0.39 is 11.9 Å². The molecule has 1 amide bonds. The normalized spacial score (nSPS) is 12.5. The van der Waals surface area contributed by atoms with Gasteiger partial charge in [0.1, 0.15) is 6.29 Å². The van der Waals surface area contributed by atoms with E-state index in [9.17, 15) is 19.2 Å². The van der Waals surface area contributed by atoms with Gasteiger partial charge in [0.2, 0.25) is 5.91 Å². The Labute approximate surface area is 210 Å². The molecule has 0 aliphatic heterocycles. The molecule has 0 aliphatic carbocycles. The number of quaternary nitrogens is 1. The maximum absolute atomic E-state index is 12.3. The van der Waals surface area contributed by atoms with Crippen molar-refractivity contribution in [1.29, 1.82) is 0 Å². The molecule has 9 nitrogen and oxygen atoms in total. The number of amides is 1. The van der Waals surface area contributed by atoms with Crippen LogP contribution < -0.4 is 10.6 Å². The van der Waals surface area contributed by atoms with Gasteiger partial charge in [-0.2, -0.15) is 0 Å². The molecule has 3 N–H and O–H groups in total. The lowest BCUT2D eigenvalue weighted by Crippen LogP contribution is -2.50. The summed E-state index contributed by atoms with van der Waals surface area (Å²) in [6.07, 6.45) is 9.07. The van der Waals surface area contributed by atoms with Gasteiger partial charge in [0, 0.05) is 49.7 Å². The Morgan fingerprint density at radius 3 is 2.37 bits per heavy atom. The van der Waals surface area contributed by atoms with Gasteiger partial charge >= 0.3 is 11.9 Å². The highest BCUT2D eigenvalue weighted by molar-refractivity contribution is 5.92. The third-order valence-electron chi connectivity index (χ3n) is 5.96. The van der Waals surface area contributed by atoms with Crippen molar-refractivity contribution < 1.29 is 33.5 Å². The van der Waals surface area contributed by atoms with Gasteiger partial charge in [-0.25, -0.2) is 4.79 Å². The number of unbranched alkanes of at least 4 members (excludes halogenated alkanes) is 3. The third-order valence-corrected chi connectivity index (χ3v) is 5.96. The molecule has 0 saturated carbocycles. The molecule has 0 fully saturated rings. The number of nitrogens with zero attached hydrogens (tertiary/aromatic N) is 1. The molecule has 0 radical (unpaired) electrons. The Hall–Kier alpha value is -2.68. The summed E-state index contributed by atoms with van der Waals surface area (Å²) in [7, 11) is 4.23. The van der Waals surface area contributed by atoms with Gasteiger partial charge in [0.15, 0.2) is 0 Å². The number of carbonyl (C=O) groups excluding carboxylic acids is 3. The van der Waals surface area contributed by atoms with Crippen molar-refractivity contribution in [3.05, 3.63) is 23.9 Å². The lowest BCUT2D eigenvalue weighted by Gasteiger charge is -2.38. The number of hydrogen-bond acceptors (Lipinski definition) is 6. The molecular formula is C26H46N3O6+. The molecular weight excluding hydrogens is 450 g/mol. The predicted molar refractivity (Wildman–Crippen MR) is 137 cm³/mol. The van der Waals surface area contributed by atoms with Crippen molar-refractivity contribution in [3.63, 3.8) is 0 Å². The zero-order valence-corrected chi connectivity index (χ0v) is 22.1. The van der Waals surface area contributed by atoms with Crippen LogP contribution in [0.1, 0.15) is 71.6 Å². The Kier molecular flexibility index (Phi) is 17.2.